The van der Waals surface area contributed by atoms with Crippen molar-refractivity contribution < 1.29 is 4.39 Å². The molecule has 0 heterocycles. The lowest BCUT2D eigenvalue weighted by molar-refractivity contribution is 0.315. The molecule has 1 unspecified atom stereocenters. The quantitative estimate of drug-likeness (QED) is 0.808. The van der Waals surface area contributed by atoms with Crippen LogP contribution in [0.2, 0.25) is 5.02 Å². The maximum atomic E-state index is 13.4. The van der Waals surface area contributed by atoms with Crippen molar-refractivity contribution in [1.29, 1.82) is 0 Å². The van der Waals surface area contributed by atoms with Crippen molar-refractivity contribution in [2.24, 2.45) is 11.5 Å². The van der Waals surface area contributed by atoms with E-state index in [4.69, 9.17) is 23.1 Å². The maximum Gasteiger partial charge on any atom is 0.126 e. The van der Waals surface area contributed by atoms with Crippen LogP contribution in [0.4, 0.5) is 4.39 Å². The lowest BCUT2D eigenvalue weighted by atomic mass is 10.1. The molecule has 0 aliphatic rings. The SMILES string of the molecule is CN(CCc1cc(Cl)ccc1F)CC(N)CN. The van der Waals surface area contributed by atoms with Crippen molar-refractivity contribution in [1.82, 2.24) is 4.90 Å². The minimum atomic E-state index is -0.217. The molecule has 17 heavy (non-hydrogen) atoms. The average molecular weight is 260 g/mol. The number of benzene rings is 1. The van der Waals surface area contributed by atoms with Crippen LogP contribution in [-0.4, -0.2) is 37.6 Å². The van der Waals surface area contributed by atoms with Crippen LogP contribution in [0, 0.1) is 5.82 Å². The normalized spacial score (nSPS) is 13.1. The third kappa shape index (κ3) is 5.00. The summed E-state index contributed by atoms with van der Waals surface area (Å²) in [5, 5.41) is 0.558. The van der Waals surface area contributed by atoms with Gasteiger partial charge in [0.25, 0.3) is 0 Å². The van der Waals surface area contributed by atoms with Gasteiger partial charge in [-0.3, -0.25) is 0 Å². The molecule has 1 aromatic rings. The van der Waals surface area contributed by atoms with Crippen LogP contribution in [0.5, 0.6) is 0 Å². The fourth-order valence-corrected chi connectivity index (χ4v) is 1.81. The highest BCUT2D eigenvalue weighted by molar-refractivity contribution is 6.30. The molecule has 0 aromatic heterocycles. The summed E-state index contributed by atoms with van der Waals surface area (Å²) in [6, 6.07) is 4.56. The number of hydrogen-bond donors (Lipinski definition) is 2. The number of nitrogens with zero attached hydrogens (tertiary/aromatic N) is 1. The predicted octanol–water partition coefficient (Wildman–Crippen LogP) is 1.24. The van der Waals surface area contributed by atoms with E-state index in [1.54, 1.807) is 12.1 Å². The third-order valence-electron chi connectivity index (χ3n) is 2.62. The lowest BCUT2D eigenvalue weighted by Crippen LogP contribution is -2.41. The lowest BCUT2D eigenvalue weighted by Gasteiger charge is -2.20. The first kappa shape index (κ1) is 14.4. The number of hydrogen-bond acceptors (Lipinski definition) is 3. The fraction of sp³-hybridized carbons (Fsp3) is 0.500. The summed E-state index contributed by atoms with van der Waals surface area (Å²) in [5.74, 6) is -0.217. The average Bonchev–Trinajstić information content (AvgIpc) is 2.30. The molecule has 0 saturated carbocycles. The molecule has 4 N–H and O–H groups in total. The molecule has 0 saturated heterocycles. The van der Waals surface area contributed by atoms with Gasteiger partial charge in [0.05, 0.1) is 0 Å². The standard InChI is InChI=1S/C12H19ClFN3/c1-17(8-11(16)7-15)5-4-9-6-10(13)2-3-12(9)14/h2-3,6,11H,4-5,7-8,15-16H2,1H3. The summed E-state index contributed by atoms with van der Waals surface area (Å²) in [4.78, 5) is 2.04. The molecule has 3 nitrogen and oxygen atoms in total. The zero-order valence-corrected chi connectivity index (χ0v) is 10.8. The van der Waals surface area contributed by atoms with Gasteiger partial charge in [-0.05, 0) is 37.2 Å². The minimum Gasteiger partial charge on any atom is -0.329 e. The summed E-state index contributed by atoms with van der Waals surface area (Å²) in [7, 11) is 1.94. The van der Waals surface area contributed by atoms with Gasteiger partial charge in [-0.25, -0.2) is 4.39 Å². The third-order valence-corrected chi connectivity index (χ3v) is 2.85. The van der Waals surface area contributed by atoms with E-state index in [9.17, 15) is 4.39 Å². The molecule has 1 atom stereocenters. The molecular formula is C12H19ClFN3. The second-order valence-electron chi connectivity index (χ2n) is 4.24. The van der Waals surface area contributed by atoms with E-state index >= 15 is 0 Å². The number of rotatable bonds is 6. The highest BCUT2D eigenvalue weighted by atomic mass is 35.5. The van der Waals surface area contributed by atoms with Crippen molar-refractivity contribution in [3.05, 3.63) is 34.6 Å². The second-order valence-corrected chi connectivity index (χ2v) is 4.68. The second kappa shape index (κ2) is 6.91. The Morgan fingerprint density at radius 2 is 2.18 bits per heavy atom. The van der Waals surface area contributed by atoms with E-state index < -0.39 is 0 Å². The van der Waals surface area contributed by atoms with Crippen LogP contribution in [0.1, 0.15) is 5.56 Å². The van der Waals surface area contributed by atoms with Crippen LogP contribution in [-0.2, 0) is 6.42 Å². The van der Waals surface area contributed by atoms with Gasteiger partial charge >= 0.3 is 0 Å². The maximum absolute atomic E-state index is 13.4. The molecular weight excluding hydrogens is 241 g/mol. The van der Waals surface area contributed by atoms with Crippen LogP contribution in [0.3, 0.4) is 0 Å². The Labute approximate surface area is 107 Å². The van der Waals surface area contributed by atoms with Crippen LogP contribution >= 0.6 is 11.6 Å². The molecule has 0 aliphatic heterocycles. The van der Waals surface area contributed by atoms with Gasteiger partial charge in [-0.1, -0.05) is 11.6 Å². The molecule has 0 spiro atoms. The molecule has 1 rings (SSSR count). The summed E-state index contributed by atoms with van der Waals surface area (Å²) in [6.07, 6.45) is 0.611. The molecule has 1 aromatic carbocycles. The van der Waals surface area contributed by atoms with E-state index in [2.05, 4.69) is 0 Å². The van der Waals surface area contributed by atoms with Gasteiger partial charge < -0.3 is 16.4 Å². The first-order valence-corrected chi connectivity index (χ1v) is 5.99. The van der Waals surface area contributed by atoms with Crippen LogP contribution in [0.15, 0.2) is 18.2 Å². The van der Waals surface area contributed by atoms with Gasteiger partial charge in [-0.15, -0.1) is 0 Å². The van der Waals surface area contributed by atoms with Crippen molar-refractivity contribution in [2.45, 2.75) is 12.5 Å². The smallest absolute Gasteiger partial charge is 0.126 e. The minimum absolute atomic E-state index is 0.0378. The van der Waals surface area contributed by atoms with Crippen molar-refractivity contribution in [2.75, 3.05) is 26.7 Å². The largest absolute Gasteiger partial charge is 0.329 e. The molecule has 0 aliphatic carbocycles. The monoisotopic (exact) mass is 259 g/mol. The van der Waals surface area contributed by atoms with E-state index in [0.29, 0.717) is 30.1 Å². The van der Waals surface area contributed by atoms with E-state index in [1.165, 1.54) is 6.07 Å². The predicted molar refractivity (Wildman–Crippen MR) is 69.6 cm³/mol. The Morgan fingerprint density at radius 3 is 2.82 bits per heavy atom. The summed E-state index contributed by atoms with van der Waals surface area (Å²) in [5.41, 5.74) is 11.8. The Bertz CT molecular complexity index is 360. The van der Waals surface area contributed by atoms with Gasteiger partial charge in [0.15, 0.2) is 0 Å². The van der Waals surface area contributed by atoms with Crippen molar-refractivity contribution in [3.63, 3.8) is 0 Å². The molecule has 5 heteroatoms. The van der Waals surface area contributed by atoms with Gasteiger partial charge in [0.1, 0.15) is 5.82 Å². The molecule has 96 valence electrons. The van der Waals surface area contributed by atoms with E-state index in [1.807, 2.05) is 11.9 Å². The highest BCUT2D eigenvalue weighted by Crippen LogP contribution is 2.15. The topological polar surface area (TPSA) is 55.3 Å². The Hall–Kier alpha value is -0.680. The summed E-state index contributed by atoms with van der Waals surface area (Å²) < 4.78 is 13.4. The first-order chi connectivity index (χ1) is 8.02. The molecule has 0 bridgehead atoms. The highest BCUT2D eigenvalue weighted by Gasteiger charge is 2.07. The van der Waals surface area contributed by atoms with Crippen LogP contribution < -0.4 is 11.5 Å². The van der Waals surface area contributed by atoms with Crippen molar-refractivity contribution in [3.8, 4) is 0 Å². The van der Waals surface area contributed by atoms with Gasteiger partial charge in [0, 0.05) is 30.7 Å². The molecule has 0 amide bonds. The Morgan fingerprint density at radius 1 is 1.47 bits per heavy atom. The summed E-state index contributed by atoms with van der Waals surface area (Å²) in [6.45, 7) is 1.89. The summed E-state index contributed by atoms with van der Waals surface area (Å²) >= 11 is 5.82. The van der Waals surface area contributed by atoms with Crippen molar-refractivity contribution >= 4 is 11.6 Å². The molecule has 0 radical (unpaired) electrons. The Balaban J connectivity index is 2.47. The number of nitrogens with two attached hydrogens (primary N) is 2. The van der Waals surface area contributed by atoms with E-state index in [-0.39, 0.29) is 11.9 Å². The fourth-order valence-electron chi connectivity index (χ4n) is 1.61. The van der Waals surface area contributed by atoms with Gasteiger partial charge in [0.2, 0.25) is 0 Å². The molecule has 0 fully saturated rings. The van der Waals surface area contributed by atoms with Crippen LogP contribution in [0.25, 0.3) is 0 Å². The van der Waals surface area contributed by atoms with E-state index in [0.717, 1.165) is 6.54 Å². The zero-order valence-electron chi connectivity index (χ0n) is 10.00. The Kier molecular flexibility index (Phi) is 5.85. The zero-order chi connectivity index (χ0) is 12.8. The first-order valence-electron chi connectivity index (χ1n) is 5.61. The van der Waals surface area contributed by atoms with Gasteiger partial charge in [-0.2, -0.15) is 0 Å². The number of halogens is 2. The number of likely N-dealkylation sites (N-methyl/N-ethyl adjacent to an activating group) is 1.